The zero-order valence-corrected chi connectivity index (χ0v) is 12.1. The van der Waals surface area contributed by atoms with E-state index in [-0.39, 0.29) is 6.04 Å². The fourth-order valence-electron chi connectivity index (χ4n) is 3.58. The lowest BCUT2D eigenvalue weighted by atomic mass is 9.72. The molecule has 0 heterocycles. The van der Waals surface area contributed by atoms with Crippen LogP contribution in [0, 0.1) is 25.7 Å². The van der Waals surface area contributed by atoms with Crippen LogP contribution in [0.15, 0.2) is 18.2 Å². The first-order chi connectivity index (χ1) is 8.65. The predicted octanol–water partition coefficient (Wildman–Crippen LogP) is 4.52. The first-order valence-electron chi connectivity index (χ1n) is 7.46. The van der Waals surface area contributed by atoms with Crippen molar-refractivity contribution in [1.29, 1.82) is 0 Å². The Morgan fingerprint density at radius 1 is 1.22 bits per heavy atom. The summed E-state index contributed by atoms with van der Waals surface area (Å²) in [6.45, 7) is 6.72. The molecule has 3 atom stereocenters. The van der Waals surface area contributed by atoms with Crippen LogP contribution in [0.3, 0.4) is 0 Å². The molecule has 1 saturated carbocycles. The standard InChI is InChI=1S/C17H27N/c1-4-14-9-5-6-10-16(14)17(18)15-11-7-8-12(2)13(15)3/h7-8,11,14,16-17H,4-6,9-10,18H2,1-3H3. The van der Waals surface area contributed by atoms with Crippen molar-refractivity contribution in [3.8, 4) is 0 Å². The fraction of sp³-hybridized carbons (Fsp3) is 0.647. The van der Waals surface area contributed by atoms with Crippen LogP contribution in [0.25, 0.3) is 0 Å². The highest BCUT2D eigenvalue weighted by atomic mass is 14.7. The van der Waals surface area contributed by atoms with E-state index in [4.69, 9.17) is 5.73 Å². The number of aryl methyl sites for hydroxylation is 1. The summed E-state index contributed by atoms with van der Waals surface area (Å²) >= 11 is 0. The van der Waals surface area contributed by atoms with Gasteiger partial charge in [-0.1, -0.05) is 50.8 Å². The Labute approximate surface area is 112 Å². The van der Waals surface area contributed by atoms with Crippen molar-refractivity contribution in [1.82, 2.24) is 0 Å². The van der Waals surface area contributed by atoms with E-state index < -0.39 is 0 Å². The number of hydrogen-bond acceptors (Lipinski definition) is 1. The Kier molecular flexibility index (Phi) is 4.45. The van der Waals surface area contributed by atoms with Crippen LogP contribution in [-0.2, 0) is 0 Å². The Hall–Kier alpha value is -0.820. The summed E-state index contributed by atoms with van der Waals surface area (Å²) in [5.74, 6) is 1.51. The smallest absolute Gasteiger partial charge is 0.0328 e. The molecule has 1 heteroatoms. The van der Waals surface area contributed by atoms with Crippen LogP contribution in [-0.4, -0.2) is 0 Å². The molecule has 1 fully saturated rings. The summed E-state index contributed by atoms with van der Waals surface area (Å²) in [7, 11) is 0. The van der Waals surface area contributed by atoms with Gasteiger partial charge in [0.25, 0.3) is 0 Å². The molecule has 0 saturated heterocycles. The Morgan fingerprint density at radius 2 is 1.94 bits per heavy atom. The Bertz CT molecular complexity index is 397. The highest BCUT2D eigenvalue weighted by Crippen LogP contribution is 2.40. The molecule has 0 bridgehead atoms. The number of nitrogens with two attached hydrogens (primary N) is 1. The second-order valence-electron chi connectivity index (χ2n) is 5.93. The molecule has 100 valence electrons. The third-order valence-electron chi connectivity index (χ3n) is 4.96. The second kappa shape index (κ2) is 5.88. The van der Waals surface area contributed by atoms with Gasteiger partial charge in [0.15, 0.2) is 0 Å². The van der Waals surface area contributed by atoms with E-state index in [1.807, 2.05) is 0 Å². The molecule has 2 N–H and O–H groups in total. The molecule has 2 rings (SSSR count). The molecule has 0 radical (unpaired) electrons. The minimum Gasteiger partial charge on any atom is -0.324 e. The highest BCUT2D eigenvalue weighted by molar-refractivity contribution is 5.35. The average Bonchev–Trinajstić information content (AvgIpc) is 2.41. The van der Waals surface area contributed by atoms with E-state index in [0.717, 1.165) is 5.92 Å². The van der Waals surface area contributed by atoms with Gasteiger partial charge in [-0.05, 0) is 48.8 Å². The van der Waals surface area contributed by atoms with Gasteiger partial charge in [-0.3, -0.25) is 0 Å². The van der Waals surface area contributed by atoms with Gasteiger partial charge in [-0.15, -0.1) is 0 Å². The van der Waals surface area contributed by atoms with Crippen molar-refractivity contribution >= 4 is 0 Å². The zero-order valence-electron chi connectivity index (χ0n) is 12.1. The third-order valence-corrected chi connectivity index (χ3v) is 4.96. The van der Waals surface area contributed by atoms with Crippen molar-refractivity contribution in [3.05, 3.63) is 34.9 Å². The number of hydrogen-bond donors (Lipinski definition) is 1. The van der Waals surface area contributed by atoms with Crippen LogP contribution in [0.5, 0.6) is 0 Å². The van der Waals surface area contributed by atoms with Gasteiger partial charge in [-0.25, -0.2) is 0 Å². The maximum Gasteiger partial charge on any atom is 0.0328 e. The van der Waals surface area contributed by atoms with Gasteiger partial charge in [0.05, 0.1) is 0 Å². The largest absolute Gasteiger partial charge is 0.324 e. The molecule has 1 aliphatic rings. The van der Waals surface area contributed by atoms with Crippen molar-refractivity contribution < 1.29 is 0 Å². The van der Waals surface area contributed by atoms with Crippen LogP contribution in [0.2, 0.25) is 0 Å². The van der Waals surface area contributed by atoms with E-state index in [1.54, 1.807) is 0 Å². The fourth-order valence-corrected chi connectivity index (χ4v) is 3.58. The molecule has 0 aromatic heterocycles. The molecule has 1 aliphatic carbocycles. The van der Waals surface area contributed by atoms with Gasteiger partial charge in [-0.2, -0.15) is 0 Å². The SMILES string of the molecule is CCC1CCCCC1C(N)c1cccc(C)c1C. The Balaban J connectivity index is 2.23. The highest BCUT2D eigenvalue weighted by Gasteiger charge is 2.30. The first kappa shape index (κ1) is 13.6. The minimum atomic E-state index is 0.232. The summed E-state index contributed by atoms with van der Waals surface area (Å²) in [6.07, 6.45) is 6.73. The third kappa shape index (κ3) is 2.61. The molecule has 1 aromatic carbocycles. The monoisotopic (exact) mass is 245 g/mol. The average molecular weight is 245 g/mol. The lowest BCUT2D eigenvalue weighted by molar-refractivity contribution is 0.196. The quantitative estimate of drug-likeness (QED) is 0.832. The molecule has 18 heavy (non-hydrogen) atoms. The molecular weight excluding hydrogens is 218 g/mol. The van der Waals surface area contributed by atoms with Gasteiger partial charge >= 0.3 is 0 Å². The van der Waals surface area contributed by atoms with Gasteiger partial charge in [0.1, 0.15) is 0 Å². The zero-order chi connectivity index (χ0) is 13.1. The van der Waals surface area contributed by atoms with Crippen molar-refractivity contribution in [3.63, 3.8) is 0 Å². The summed E-state index contributed by atoms with van der Waals surface area (Å²) in [5.41, 5.74) is 10.7. The van der Waals surface area contributed by atoms with Crippen LogP contribution < -0.4 is 5.73 Å². The molecule has 1 aromatic rings. The van der Waals surface area contributed by atoms with Crippen molar-refractivity contribution in [2.45, 2.75) is 58.9 Å². The van der Waals surface area contributed by atoms with E-state index in [9.17, 15) is 0 Å². The van der Waals surface area contributed by atoms with Gasteiger partial charge < -0.3 is 5.73 Å². The lowest BCUT2D eigenvalue weighted by Gasteiger charge is -2.36. The summed E-state index contributed by atoms with van der Waals surface area (Å²) in [5, 5.41) is 0. The second-order valence-corrected chi connectivity index (χ2v) is 5.93. The molecule has 0 spiro atoms. The van der Waals surface area contributed by atoms with Crippen molar-refractivity contribution in [2.24, 2.45) is 17.6 Å². The summed E-state index contributed by atoms with van der Waals surface area (Å²) < 4.78 is 0. The topological polar surface area (TPSA) is 26.0 Å². The summed E-state index contributed by atoms with van der Waals surface area (Å²) in [6, 6.07) is 6.80. The molecule has 0 amide bonds. The van der Waals surface area contributed by atoms with Crippen LogP contribution >= 0.6 is 0 Å². The van der Waals surface area contributed by atoms with Crippen LogP contribution in [0.1, 0.15) is 61.8 Å². The maximum atomic E-state index is 6.61. The maximum absolute atomic E-state index is 6.61. The van der Waals surface area contributed by atoms with E-state index in [2.05, 4.69) is 39.0 Å². The predicted molar refractivity (Wildman–Crippen MR) is 78.6 cm³/mol. The normalized spacial score (nSPS) is 26.0. The minimum absolute atomic E-state index is 0.232. The van der Waals surface area contributed by atoms with E-state index in [1.165, 1.54) is 48.8 Å². The van der Waals surface area contributed by atoms with E-state index >= 15 is 0 Å². The van der Waals surface area contributed by atoms with E-state index in [0.29, 0.717) is 5.92 Å². The number of benzene rings is 1. The van der Waals surface area contributed by atoms with Gasteiger partial charge in [0.2, 0.25) is 0 Å². The Morgan fingerprint density at radius 3 is 2.67 bits per heavy atom. The molecule has 3 unspecified atom stereocenters. The van der Waals surface area contributed by atoms with Crippen molar-refractivity contribution in [2.75, 3.05) is 0 Å². The molecular formula is C17H27N. The number of rotatable bonds is 3. The van der Waals surface area contributed by atoms with Gasteiger partial charge in [0, 0.05) is 6.04 Å². The lowest BCUT2D eigenvalue weighted by Crippen LogP contribution is -2.31. The molecule has 1 nitrogen and oxygen atoms in total. The van der Waals surface area contributed by atoms with Crippen LogP contribution in [0.4, 0.5) is 0 Å². The first-order valence-corrected chi connectivity index (χ1v) is 7.46. The summed E-state index contributed by atoms with van der Waals surface area (Å²) in [4.78, 5) is 0. The molecule has 0 aliphatic heterocycles.